The Morgan fingerprint density at radius 2 is 1.76 bits per heavy atom. The highest BCUT2D eigenvalue weighted by molar-refractivity contribution is 5.71. The average Bonchev–Trinajstić information content (AvgIpc) is 3.20. The number of nitrogens with zero attached hydrogens (tertiary/aromatic N) is 7. The lowest BCUT2D eigenvalue weighted by Crippen LogP contribution is -2.57. The first-order valence-electron chi connectivity index (χ1n) is 10.9. The number of alkyl halides is 5. The van der Waals surface area contributed by atoms with Crippen molar-refractivity contribution in [3.8, 4) is 0 Å². The van der Waals surface area contributed by atoms with Gasteiger partial charge in [-0.25, -0.2) is 28.4 Å². The number of pyridine rings is 1. The van der Waals surface area contributed by atoms with Gasteiger partial charge in [-0.2, -0.15) is 18.3 Å². The molecule has 0 unspecified atom stereocenters. The van der Waals surface area contributed by atoms with Crippen LogP contribution in [0.5, 0.6) is 0 Å². The third-order valence-corrected chi connectivity index (χ3v) is 6.29. The topological polar surface area (TPSA) is 72.2 Å². The second-order valence-electron chi connectivity index (χ2n) is 8.50. The summed E-state index contributed by atoms with van der Waals surface area (Å²) in [7, 11) is 0. The second-order valence-corrected chi connectivity index (χ2v) is 8.50. The molecule has 13 heteroatoms. The van der Waals surface area contributed by atoms with Gasteiger partial charge in [0.15, 0.2) is 5.65 Å². The summed E-state index contributed by atoms with van der Waals surface area (Å²) in [4.78, 5) is 16.8. The number of hydrogen-bond donors (Lipinski definition) is 0. The summed E-state index contributed by atoms with van der Waals surface area (Å²) >= 11 is 0. The Labute approximate surface area is 191 Å². The van der Waals surface area contributed by atoms with Gasteiger partial charge in [0.05, 0.1) is 30.2 Å². The molecular weight excluding hydrogens is 461 g/mol. The molecule has 2 aliphatic rings. The Balaban J connectivity index is 1.27. The van der Waals surface area contributed by atoms with Crippen LogP contribution in [0.25, 0.3) is 11.2 Å². The Bertz CT molecular complexity index is 1140. The number of ether oxygens (including phenoxy) is 1. The van der Waals surface area contributed by atoms with Gasteiger partial charge >= 0.3 is 6.18 Å². The van der Waals surface area contributed by atoms with Gasteiger partial charge in [-0.3, -0.25) is 0 Å². The van der Waals surface area contributed by atoms with Gasteiger partial charge in [0, 0.05) is 32.4 Å². The van der Waals surface area contributed by atoms with Crippen LogP contribution in [0, 0.1) is 0 Å². The first kappa shape index (κ1) is 22.7. The lowest BCUT2D eigenvalue weighted by Gasteiger charge is -2.47. The number of anilines is 2. The van der Waals surface area contributed by atoms with Crippen LogP contribution in [0.15, 0.2) is 30.7 Å². The molecule has 0 N–H and O–H groups in total. The van der Waals surface area contributed by atoms with E-state index in [2.05, 4.69) is 20.1 Å². The highest BCUT2D eigenvalue weighted by Crippen LogP contribution is 2.34. The predicted molar refractivity (Wildman–Crippen MR) is 113 cm³/mol. The van der Waals surface area contributed by atoms with E-state index in [4.69, 9.17) is 4.74 Å². The lowest BCUT2D eigenvalue weighted by molar-refractivity contribution is -0.137. The smallest absolute Gasteiger partial charge is 0.371 e. The molecule has 8 nitrogen and oxygen atoms in total. The zero-order valence-corrected chi connectivity index (χ0v) is 18.0. The van der Waals surface area contributed by atoms with Crippen molar-refractivity contribution in [2.24, 2.45) is 0 Å². The molecular formula is C21H22F5N7O. The monoisotopic (exact) mass is 483 g/mol. The highest BCUT2D eigenvalue weighted by atomic mass is 19.4. The summed E-state index contributed by atoms with van der Waals surface area (Å²) in [6, 6.07) is 2.44. The van der Waals surface area contributed by atoms with E-state index in [1.165, 1.54) is 12.3 Å². The summed E-state index contributed by atoms with van der Waals surface area (Å²) in [5.41, 5.74) is -0.464. The van der Waals surface area contributed by atoms with Gasteiger partial charge in [-0.1, -0.05) is 0 Å². The second kappa shape index (κ2) is 8.60. The number of hydrogen-bond acceptors (Lipinski definition) is 7. The molecule has 182 valence electrons. The minimum atomic E-state index is -4.42. The fourth-order valence-electron chi connectivity index (χ4n) is 4.48. The average molecular weight is 483 g/mol. The molecule has 2 fully saturated rings. The van der Waals surface area contributed by atoms with Crippen molar-refractivity contribution in [3.05, 3.63) is 36.3 Å². The molecule has 34 heavy (non-hydrogen) atoms. The van der Waals surface area contributed by atoms with Crippen molar-refractivity contribution < 1.29 is 26.7 Å². The molecule has 0 aliphatic carbocycles. The number of aromatic nitrogens is 5. The number of piperidine rings is 1. The highest BCUT2D eigenvalue weighted by Gasteiger charge is 2.41. The van der Waals surface area contributed by atoms with Gasteiger partial charge in [0.1, 0.15) is 23.7 Å². The molecule has 3 aromatic heterocycles. The maximum absolute atomic E-state index is 12.8. The molecule has 1 spiro atoms. The Morgan fingerprint density at radius 1 is 0.971 bits per heavy atom. The Morgan fingerprint density at radius 3 is 2.44 bits per heavy atom. The molecule has 5 rings (SSSR count). The van der Waals surface area contributed by atoms with E-state index in [-0.39, 0.29) is 0 Å². The number of rotatable bonds is 4. The van der Waals surface area contributed by atoms with Crippen LogP contribution >= 0.6 is 0 Å². The molecule has 0 bridgehead atoms. The van der Waals surface area contributed by atoms with Crippen LogP contribution in [-0.2, 0) is 17.5 Å². The standard InChI is InChI=1S/C21H22F5N7O/c22-16(23)12-33-19-15(10-29-33)27-11-18(30-19)31-5-3-20(4-6-31)13-32(7-8-34-20)17-2-1-14(9-28-17)21(24,25)26/h1-2,9-11,16H,3-8,12-13H2. The third-order valence-electron chi connectivity index (χ3n) is 6.29. The first-order chi connectivity index (χ1) is 16.2. The van der Waals surface area contributed by atoms with E-state index in [0.29, 0.717) is 68.4 Å². The SMILES string of the molecule is FC(F)Cn1ncc2ncc(N3CCC4(CC3)CN(c3ccc(C(F)(F)F)cn3)CCO4)nc21. The quantitative estimate of drug-likeness (QED) is 0.527. The summed E-state index contributed by atoms with van der Waals surface area (Å²) in [5, 5.41) is 3.95. The number of halogens is 5. The fraction of sp³-hybridized carbons (Fsp3) is 0.524. The maximum atomic E-state index is 12.8. The van der Waals surface area contributed by atoms with Crippen LogP contribution in [-0.4, -0.2) is 69.5 Å². The van der Waals surface area contributed by atoms with Crippen molar-refractivity contribution in [2.45, 2.75) is 37.6 Å². The van der Waals surface area contributed by atoms with Gasteiger partial charge in [0.25, 0.3) is 6.43 Å². The van der Waals surface area contributed by atoms with E-state index < -0.39 is 30.3 Å². The van der Waals surface area contributed by atoms with Crippen molar-refractivity contribution in [2.75, 3.05) is 42.6 Å². The minimum absolute atomic E-state index is 0.312. The maximum Gasteiger partial charge on any atom is 0.417 e. The molecule has 2 saturated heterocycles. The molecule has 0 atom stereocenters. The largest absolute Gasteiger partial charge is 0.417 e. The molecule has 0 amide bonds. The molecule has 3 aromatic rings. The van der Waals surface area contributed by atoms with E-state index >= 15 is 0 Å². The zero-order valence-electron chi connectivity index (χ0n) is 18.0. The van der Waals surface area contributed by atoms with Crippen LogP contribution in [0.4, 0.5) is 33.6 Å². The number of fused-ring (bicyclic) bond motifs is 1. The van der Waals surface area contributed by atoms with Crippen LogP contribution < -0.4 is 9.80 Å². The van der Waals surface area contributed by atoms with Crippen LogP contribution in [0.3, 0.4) is 0 Å². The van der Waals surface area contributed by atoms with Gasteiger partial charge < -0.3 is 14.5 Å². The first-order valence-corrected chi connectivity index (χ1v) is 10.9. The van der Waals surface area contributed by atoms with Crippen LogP contribution in [0.2, 0.25) is 0 Å². The summed E-state index contributed by atoms with van der Waals surface area (Å²) in [6.07, 6.45) is -1.76. The molecule has 0 radical (unpaired) electrons. The van der Waals surface area contributed by atoms with Crippen molar-refractivity contribution >= 4 is 22.8 Å². The van der Waals surface area contributed by atoms with E-state index in [1.807, 2.05) is 9.80 Å². The van der Waals surface area contributed by atoms with Crippen molar-refractivity contribution in [1.82, 2.24) is 24.7 Å². The van der Waals surface area contributed by atoms with Gasteiger partial charge in [-0.15, -0.1) is 0 Å². The van der Waals surface area contributed by atoms with E-state index in [9.17, 15) is 22.0 Å². The summed E-state index contributed by atoms with van der Waals surface area (Å²) in [5.74, 6) is 1.07. The van der Waals surface area contributed by atoms with Crippen LogP contribution in [0.1, 0.15) is 18.4 Å². The van der Waals surface area contributed by atoms with E-state index in [1.54, 1.807) is 6.20 Å². The predicted octanol–water partition coefficient (Wildman–Crippen LogP) is 3.38. The Kier molecular flexibility index (Phi) is 5.74. The molecule has 5 heterocycles. The summed E-state index contributed by atoms with van der Waals surface area (Å²) in [6.45, 7) is 2.17. The molecule has 0 saturated carbocycles. The zero-order chi connectivity index (χ0) is 23.9. The van der Waals surface area contributed by atoms with Crippen molar-refractivity contribution in [3.63, 3.8) is 0 Å². The minimum Gasteiger partial charge on any atom is -0.371 e. The fourth-order valence-corrected chi connectivity index (χ4v) is 4.48. The normalized spacial score (nSPS) is 18.9. The van der Waals surface area contributed by atoms with Gasteiger partial charge in [0.2, 0.25) is 0 Å². The van der Waals surface area contributed by atoms with Crippen molar-refractivity contribution in [1.29, 1.82) is 0 Å². The molecule has 0 aromatic carbocycles. The van der Waals surface area contributed by atoms with E-state index in [0.717, 1.165) is 16.9 Å². The molecule has 2 aliphatic heterocycles. The lowest BCUT2D eigenvalue weighted by atomic mass is 9.89. The Hall–Kier alpha value is -3.09. The van der Waals surface area contributed by atoms with Gasteiger partial charge in [-0.05, 0) is 25.0 Å². The number of morpholine rings is 1. The third kappa shape index (κ3) is 4.48. The summed E-state index contributed by atoms with van der Waals surface area (Å²) < 4.78 is 71.5.